The number of amides is 1. The van der Waals surface area contributed by atoms with Crippen molar-refractivity contribution in [3.05, 3.63) is 15.6 Å². The first-order valence-electron chi connectivity index (χ1n) is 4.87. The Hall–Kier alpha value is -0.940. The summed E-state index contributed by atoms with van der Waals surface area (Å²) in [6.07, 6.45) is 0. The highest BCUT2D eigenvalue weighted by Gasteiger charge is 2.20. The van der Waals surface area contributed by atoms with Gasteiger partial charge < -0.3 is 10.6 Å². The van der Waals surface area contributed by atoms with Crippen LogP contribution < -0.4 is 5.73 Å². The van der Waals surface area contributed by atoms with Crippen LogP contribution in [0.25, 0.3) is 0 Å². The number of hydrogen-bond acceptors (Lipinski definition) is 4. The molecule has 0 bridgehead atoms. The van der Waals surface area contributed by atoms with Crippen LogP contribution in [0.4, 0.5) is 0 Å². The van der Waals surface area contributed by atoms with Crippen molar-refractivity contribution >= 4 is 17.2 Å². The lowest BCUT2D eigenvalue weighted by molar-refractivity contribution is -0.130. The van der Waals surface area contributed by atoms with E-state index in [1.165, 1.54) is 0 Å². The standard InChI is InChI=1S/C10H17N3OS/c1-6-10(15-8(3)12-6)7(2)13(4)9(14)5-11/h7H,5,11H2,1-4H3. The number of hydrogen-bond donors (Lipinski definition) is 1. The molecular formula is C10H17N3OS. The number of carbonyl (C=O) groups is 1. The van der Waals surface area contributed by atoms with Gasteiger partial charge in [-0.05, 0) is 20.8 Å². The zero-order valence-corrected chi connectivity index (χ0v) is 10.4. The summed E-state index contributed by atoms with van der Waals surface area (Å²) in [6, 6.07) is 0.0484. The van der Waals surface area contributed by atoms with Crippen molar-refractivity contribution in [3.63, 3.8) is 0 Å². The molecule has 4 nitrogen and oxygen atoms in total. The molecule has 1 atom stereocenters. The first kappa shape index (κ1) is 12.1. The number of nitrogens with two attached hydrogens (primary N) is 1. The van der Waals surface area contributed by atoms with E-state index in [0.29, 0.717) is 0 Å². The molecule has 0 spiro atoms. The van der Waals surface area contributed by atoms with Gasteiger partial charge in [0.25, 0.3) is 0 Å². The van der Waals surface area contributed by atoms with Gasteiger partial charge in [-0.15, -0.1) is 11.3 Å². The van der Waals surface area contributed by atoms with Crippen LogP contribution in [0, 0.1) is 13.8 Å². The quantitative estimate of drug-likeness (QED) is 0.845. The molecule has 5 heteroatoms. The number of aromatic nitrogens is 1. The molecule has 1 heterocycles. The van der Waals surface area contributed by atoms with Crippen molar-refractivity contribution < 1.29 is 4.79 Å². The maximum Gasteiger partial charge on any atom is 0.236 e. The van der Waals surface area contributed by atoms with E-state index in [1.54, 1.807) is 23.3 Å². The van der Waals surface area contributed by atoms with E-state index in [1.807, 2.05) is 20.8 Å². The van der Waals surface area contributed by atoms with Gasteiger partial charge in [0.05, 0.1) is 23.3 Å². The molecule has 2 N–H and O–H groups in total. The minimum Gasteiger partial charge on any atom is -0.337 e. The molecule has 0 saturated heterocycles. The van der Waals surface area contributed by atoms with Crippen molar-refractivity contribution in [2.24, 2.45) is 5.73 Å². The Kier molecular flexibility index (Phi) is 3.82. The second-order valence-electron chi connectivity index (χ2n) is 3.57. The summed E-state index contributed by atoms with van der Waals surface area (Å²) in [5.41, 5.74) is 6.33. The van der Waals surface area contributed by atoms with E-state index >= 15 is 0 Å². The lowest BCUT2D eigenvalue weighted by atomic mass is 10.2. The summed E-state index contributed by atoms with van der Waals surface area (Å²) in [5.74, 6) is -0.0482. The first-order valence-corrected chi connectivity index (χ1v) is 5.68. The molecule has 0 fully saturated rings. The number of likely N-dealkylation sites (N-methyl/N-ethyl adjacent to an activating group) is 1. The van der Waals surface area contributed by atoms with E-state index in [2.05, 4.69) is 4.98 Å². The van der Waals surface area contributed by atoms with Crippen LogP contribution in [0.2, 0.25) is 0 Å². The van der Waals surface area contributed by atoms with E-state index < -0.39 is 0 Å². The van der Waals surface area contributed by atoms with Crippen LogP contribution in [0.5, 0.6) is 0 Å². The van der Waals surface area contributed by atoms with Crippen LogP contribution in [0.15, 0.2) is 0 Å². The molecule has 0 saturated carbocycles. The highest BCUT2D eigenvalue weighted by molar-refractivity contribution is 7.11. The summed E-state index contributed by atoms with van der Waals surface area (Å²) in [5, 5.41) is 1.03. The average Bonchev–Trinajstić information content (AvgIpc) is 2.54. The minimum absolute atomic E-state index is 0.0482. The van der Waals surface area contributed by atoms with E-state index in [0.717, 1.165) is 15.6 Å². The fourth-order valence-electron chi connectivity index (χ4n) is 1.47. The van der Waals surface area contributed by atoms with E-state index in [-0.39, 0.29) is 18.5 Å². The maximum atomic E-state index is 11.4. The van der Waals surface area contributed by atoms with Gasteiger partial charge in [-0.1, -0.05) is 0 Å². The molecule has 0 aliphatic heterocycles. The number of carbonyl (C=O) groups excluding carboxylic acids is 1. The third kappa shape index (κ3) is 2.54. The van der Waals surface area contributed by atoms with Crippen LogP contribution in [0.3, 0.4) is 0 Å². The molecule has 1 amide bonds. The predicted molar refractivity (Wildman–Crippen MR) is 61.8 cm³/mol. The smallest absolute Gasteiger partial charge is 0.236 e. The second-order valence-corrected chi connectivity index (χ2v) is 4.80. The zero-order valence-electron chi connectivity index (χ0n) is 9.57. The molecule has 0 aliphatic carbocycles. The Morgan fingerprint density at radius 3 is 2.60 bits per heavy atom. The van der Waals surface area contributed by atoms with Gasteiger partial charge in [-0.2, -0.15) is 0 Å². The SMILES string of the molecule is Cc1nc(C)c(C(C)N(C)C(=O)CN)s1. The highest BCUT2D eigenvalue weighted by atomic mass is 32.1. The molecule has 1 aromatic heterocycles. The topological polar surface area (TPSA) is 59.2 Å². The second kappa shape index (κ2) is 4.72. The molecular weight excluding hydrogens is 210 g/mol. The third-order valence-corrected chi connectivity index (χ3v) is 3.71. The third-order valence-electron chi connectivity index (χ3n) is 2.47. The zero-order chi connectivity index (χ0) is 11.6. The Morgan fingerprint density at radius 2 is 2.20 bits per heavy atom. The molecule has 1 unspecified atom stereocenters. The normalized spacial score (nSPS) is 12.6. The Morgan fingerprint density at radius 1 is 1.60 bits per heavy atom. The summed E-state index contributed by atoms with van der Waals surface area (Å²) >= 11 is 1.63. The van der Waals surface area contributed by atoms with Gasteiger partial charge in [0.1, 0.15) is 0 Å². The van der Waals surface area contributed by atoms with Crippen molar-refractivity contribution in [3.8, 4) is 0 Å². The number of nitrogens with zero attached hydrogens (tertiary/aromatic N) is 2. The fourth-order valence-corrected chi connectivity index (χ4v) is 2.49. The molecule has 0 aliphatic rings. The summed E-state index contributed by atoms with van der Waals surface area (Å²) in [7, 11) is 1.77. The van der Waals surface area contributed by atoms with Gasteiger partial charge >= 0.3 is 0 Å². The van der Waals surface area contributed by atoms with Crippen molar-refractivity contribution in [1.82, 2.24) is 9.88 Å². The van der Waals surface area contributed by atoms with Crippen LogP contribution in [-0.4, -0.2) is 29.4 Å². The number of thiazole rings is 1. The van der Waals surface area contributed by atoms with Gasteiger partial charge in [-0.3, -0.25) is 4.79 Å². The van der Waals surface area contributed by atoms with Gasteiger partial charge in [0.2, 0.25) is 5.91 Å². The fraction of sp³-hybridized carbons (Fsp3) is 0.600. The summed E-state index contributed by atoms with van der Waals surface area (Å²) < 4.78 is 0. The number of rotatable bonds is 3. The Labute approximate surface area is 94.1 Å². The van der Waals surface area contributed by atoms with E-state index in [9.17, 15) is 4.79 Å². The molecule has 1 aromatic rings. The first-order chi connectivity index (χ1) is 6.97. The minimum atomic E-state index is -0.0482. The maximum absolute atomic E-state index is 11.4. The monoisotopic (exact) mass is 227 g/mol. The Balaban J connectivity index is 2.89. The van der Waals surface area contributed by atoms with Crippen molar-refractivity contribution in [2.75, 3.05) is 13.6 Å². The Bertz CT molecular complexity index is 362. The lowest BCUT2D eigenvalue weighted by Gasteiger charge is -2.23. The predicted octanol–water partition coefficient (Wildman–Crippen LogP) is 1.24. The molecule has 84 valence electrons. The highest BCUT2D eigenvalue weighted by Crippen LogP contribution is 2.27. The number of aryl methyl sites for hydroxylation is 2. The lowest BCUT2D eigenvalue weighted by Crippen LogP contribution is -2.34. The van der Waals surface area contributed by atoms with Gasteiger partial charge in [0.15, 0.2) is 0 Å². The van der Waals surface area contributed by atoms with Crippen molar-refractivity contribution in [1.29, 1.82) is 0 Å². The molecule has 1 rings (SSSR count). The van der Waals surface area contributed by atoms with Gasteiger partial charge in [0, 0.05) is 11.9 Å². The van der Waals surface area contributed by atoms with E-state index in [4.69, 9.17) is 5.73 Å². The molecule has 0 aromatic carbocycles. The summed E-state index contributed by atoms with van der Waals surface area (Å²) in [6.45, 7) is 5.99. The molecule has 0 radical (unpaired) electrons. The molecule has 15 heavy (non-hydrogen) atoms. The summed E-state index contributed by atoms with van der Waals surface area (Å²) in [4.78, 5) is 18.6. The largest absolute Gasteiger partial charge is 0.337 e. The van der Waals surface area contributed by atoms with Crippen LogP contribution in [-0.2, 0) is 4.79 Å². The van der Waals surface area contributed by atoms with Gasteiger partial charge in [-0.25, -0.2) is 4.98 Å². The van der Waals surface area contributed by atoms with Crippen LogP contribution in [0.1, 0.15) is 28.5 Å². The average molecular weight is 227 g/mol. The van der Waals surface area contributed by atoms with Crippen LogP contribution >= 0.6 is 11.3 Å². The van der Waals surface area contributed by atoms with Crippen molar-refractivity contribution in [2.45, 2.75) is 26.8 Å².